The molecule has 0 unspecified atom stereocenters. The van der Waals surface area contributed by atoms with Crippen LogP contribution in [0.5, 0.6) is 11.5 Å². The molecule has 0 bridgehead atoms. The number of hydrogen-bond donors (Lipinski definition) is 1. The summed E-state index contributed by atoms with van der Waals surface area (Å²) in [7, 11) is 0. The first-order chi connectivity index (χ1) is 6.19. The summed E-state index contributed by atoms with van der Waals surface area (Å²) in [6.07, 6.45) is 0. The summed E-state index contributed by atoms with van der Waals surface area (Å²) >= 11 is 0. The minimum absolute atomic E-state index is 0.125. The fourth-order valence-electron chi connectivity index (χ4n) is 0.900. The Morgan fingerprint density at radius 2 is 2.31 bits per heavy atom. The first-order valence-electron chi connectivity index (χ1n) is 3.74. The van der Waals surface area contributed by atoms with Crippen molar-refractivity contribution in [2.45, 2.75) is 6.92 Å². The van der Waals surface area contributed by atoms with Crippen molar-refractivity contribution in [3.63, 3.8) is 0 Å². The topological polar surface area (TPSA) is 53.2 Å². The van der Waals surface area contributed by atoms with E-state index in [0.29, 0.717) is 6.61 Å². The molecule has 3 nitrogen and oxygen atoms in total. The molecular formula is C9H8FNO2. The average Bonchev–Trinajstić information content (AvgIpc) is 2.10. The van der Waals surface area contributed by atoms with Crippen LogP contribution in [-0.4, -0.2) is 11.7 Å². The SMILES string of the molecule is CCOc1cc(C#N)c(F)cc1O. The van der Waals surface area contributed by atoms with Crippen LogP contribution in [-0.2, 0) is 0 Å². The number of halogens is 1. The summed E-state index contributed by atoms with van der Waals surface area (Å²) in [6.45, 7) is 2.08. The molecule has 0 heterocycles. The Kier molecular flexibility index (Phi) is 2.70. The van der Waals surface area contributed by atoms with Gasteiger partial charge in [0.15, 0.2) is 11.5 Å². The van der Waals surface area contributed by atoms with Crippen LogP contribution in [0.1, 0.15) is 12.5 Å². The quantitative estimate of drug-likeness (QED) is 0.756. The van der Waals surface area contributed by atoms with Crippen LogP contribution >= 0.6 is 0 Å². The fourth-order valence-corrected chi connectivity index (χ4v) is 0.900. The van der Waals surface area contributed by atoms with E-state index in [4.69, 9.17) is 15.1 Å². The van der Waals surface area contributed by atoms with Gasteiger partial charge in [-0.3, -0.25) is 0 Å². The van der Waals surface area contributed by atoms with Crippen LogP contribution in [0.25, 0.3) is 0 Å². The van der Waals surface area contributed by atoms with Crippen LogP contribution < -0.4 is 4.74 Å². The summed E-state index contributed by atoms with van der Waals surface area (Å²) in [5, 5.41) is 17.6. The van der Waals surface area contributed by atoms with Crippen LogP contribution in [0.3, 0.4) is 0 Å². The molecule has 0 aliphatic heterocycles. The maximum absolute atomic E-state index is 12.8. The zero-order chi connectivity index (χ0) is 9.84. The van der Waals surface area contributed by atoms with E-state index in [1.54, 1.807) is 13.0 Å². The smallest absolute Gasteiger partial charge is 0.162 e. The first-order valence-corrected chi connectivity index (χ1v) is 3.74. The predicted molar refractivity (Wildman–Crippen MR) is 43.9 cm³/mol. The van der Waals surface area contributed by atoms with Crippen molar-refractivity contribution < 1.29 is 14.2 Å². The van der Waals surface area contributed by atoms with Crippen molar-refractivity contribution in [2.24, 2.45) is 0 Å². The first kappa shape index (κ1) is 9.33. The molecule has 1 rings (SSSR count). The highest BCUT2D eigenvalue weighted by Gasteiger charge is 2.08. The number of nitriles is 1. The highest BCUT2D eigenvalue weighted by atomic mass is 19.1. The van der Waals surface area contributed by atoms with E-state index >= 15 is 0 Å². The number of benzene rings is 1. The Hall–Kier alpha value is -1.76. The normalized spacial score (nSPS) is 9.31. The molecular weight excluding hydrogens is 173 g/mol. The van der Waals surface area contributed by atoms with Gasteiger partial charge in [-0.2, -0.15) is 5.26 Å². The lowest BCUT2D eigenvalue weighted by atomic mass is 10.2. The third-order valence-corrected chi connectivity index (χ3v) is 1.47. The number of hydrogen-bond acceptors (Lipinski definition) is 3. The van der Waals surface area contributed by atoms with Crippen LogP contribution in [0.2, 0.25) is 0 Å². The highest BCUT2D eigenvalue weighted by Crippen LogP contribution is 2.28. The Bertz CT molecular complexity index is 357. The lowest BCUT2D eigenvalue weighted by molar-refractivity contribution is 0.316. The summed E-state index contributed by atoms with van der Waals surface area (Å²) in [6, 6.07) is 3.69. The van der Waals surface area contributed by atoms with E-state index in [-0.39, 0.29) is 17.1 Å². The second kappa shape index (κ2) is 3.76. The van der Waals surface area contributed by atoms with Gasteiger partial charge in [-0.15, -0.1) is 0 Å². The Balaban J connectivity index is 3.16. The van der Waals surface area contributed by atoms with Crippen LogP contribution in [0.15, 0.2) is 12.1 Å². The molecule has 1 aromatic rings. The van der Waals surface area contributed by atoms with E-state index in [1.807, 2.05) is 0 Å². The van der Waals surface area contributed by atoms with Crippen molar-refractivity contribution >= 4 is 0 Å². The van der Waals surface area contributed by atoms with E-state index in [1.165, 1.54) is 6.07 Å². The number of aromatic hydroxyl groups is 1. The van der Waals surface area contributed by atoms with Gasteiger partial charge in [0.1, 0.15) is 11.9 Å². The van der Waals surface area contributed by atoms with E-state index in [2.05, 4.69) is 0 Å². The van der Waals surface area contributed by atoms with E-state index < -0.39 is 5.82 Å². The Morgan fingerprint density at radius 1 is 1.62 bits per heavy atom. The summed E-state index contributed by atoms with van der Waals surface area (Å²) in [5.74, 6) is -0.915. The monoisotopic (exact) mass is 181 g/mol. The molecule has 0 radical (unpaired) electrons. The average molecular weight is 181 g/mol. The number of phenolic OH excluding ortho intramolecular Hbond substituents is 1. The predicted octanol–water partition coefficient (Wildman–Crippen LogP) is 1.80. The number of phenols is 1. The molecule has 0 amide bonds. The molecule has 1 N–H and O–H groups in total. The maximum atomic E-state index is 12.8. The largest absolute Gasteiger partial charge is 0.504 e. The summed E-state index contributed by atoms with van der Waals surface area (Å²) in [5.41, 5.74) is -0.138. The van der Waals surface area contributed by atoms with Crippen LogP contribution in [0.4, 0.5) is 4.39 Å². The van der Waals surface area contributed by atoms with E-state index in [0.717, 1.165) is 6.07 Å². The molecule has 68 valence electrons. The zero-order valence-corrected chi connectivity index (χ0v) is 7.04. The van der Waals surface area contributed by atoms with Crippen molar-refractivity contribution in [2.75, 3.05) is 6.61 Å². The minimum atomic E-state index is -0.747. The zero-order valence-electron chi connectivity index (χ0n) is 7.04. The fraction of sp³-hybridized carbons (Fsp3) is 0.222. The third kappa shape index (κ3) is 1.88. The molecule has 1 aromatic carbocycles. The molecule has 0 atom stereocenters. The number of nitrogens with zero attached hydrogens (tertiary/aromatic N) is 1. The van der Waals surface area contributed by atoms with Crippen molar-refractivity contribution in [1.82, 2.24) is 0 Å². The molecule has 0 aliphatic carbocycles. The van der Waals surface area contributed by atoms with Gasteiger partial charge in [0.25, 0.3) is 0 Å². The molecule has 13 heavy (non-hydrogen) atoms. The minimum Gasteiger partial charge on any atom is -0.504 e. The van der Waals surface area contributed by atoms with Gasteiger partial charge >= 0.3 is 0 Å². The van der Waals surface area contributed by atoms with Crippen molar-refractivity contribution in [3.8, 4) is 17.6 Å². The van der Waals surface area contributed by atoms with Gasteiger partial charge in [-0.1, -0.05) is 0 Å². The summed E-state index contributed by atoms with van der Waals surface area (Å²) in [4.78, 5) is 0. The molecule has 4 heteroatoms. The summed E-state index contributed by atoms with van der Waals surface area (Å²) < 4.78 is 17.8. The number of rotatable bonds is 2. The van der Waals surface area contributed by atoms with Crippen molar-refractivity contribution in [1.29, 1.82) is 5.26 Å². The number of ether oxygens (including phenoxy) is 1. The third-order valence-electron chi connectivity index (χ3n) is 1.47. The van der Waals surface area contributed by atoms with Gasteiger partial charge in [-0.25, -0.2) is 4.39 Å². The molecule has 0 fully saturated rings. The lowest BCUT2D eigenvalue weighted by Gasteiger charge is -2.05. The molecule has 0 spiro atoms. The van der Waals surface area contributed by atoms with Gasteiger partial charge in [0.05, 0.1) is 12.2 Å². The molecule has 0 saturated carbocycles. The maximum Gasteiger partial charge on any atom is 0.162 e. The van der Waals surface area contributed by atoms with Gasteiger partial charge in [0.2, 0.25) is 0 Å². The van der Waals surface area contributed by atoms with Crippen molar-refractivity contribution in [3.05, 3.63) is 23.5 Å². The standard InChI is InChI=1S/C9H8FNO2/c1-2-13-9-3-6(5-11)7(10)4-8(9)12/h3-4,12H,2H2,1H3. The van der Waals surface area contributed by atoms with E-state index in [9.17, 15) is 4.39 Å². The second-order valence-corrected chi connectivity index (χ2v) is 2.34. The van der Waals surface area contributed by atoms with Gasteiger partial charge in [0, 0.05) is 12.1 Å². The second-order valence-electron chi connectivity index (χ2n) is 2.34. The highest BCUT2D eigenvalue weighted by molar-refractivity contribution is 5.46. The van der Waals surface area contributed by atoms with Gasteiger partial charge in [-0.05, 0) is 6.92 Å². The molecule has 0 aromatic heterocycles. The van der Waals surface area contributed by atoms with Gasteiger partial charge < -0.3 is 9.84 Å². The Morgan fingerprint density at radius 3 is 2.85 bits per heavy atom. The Labute approximate surface area is 75.0 Å². The molecule has 0 saturated heterocycles. The lowest BCUT2D eigenvalue weighted by Crippen LogP contribution is -1.94. The van der Waals surface area contributed by atoms with Crippen LogP contribution in [0, 0.1) is 17.1 Å². The molecule has 0 aliphatic rings.